The monoisotopic (exact) mass is 539 g/mol. The van der Waals surface area contributed by atoms with Crippen LogP contribution in [0.15, 0.2) is 127 Å². The summed E-state index contributed by atoms with van der Waals surface area (Å²) >= 11 is 0. The smallest absolute Gasteiger partial charge is 0.115 e. The van der Waals surface area contributed by atoms with E-state index in [-0.39, 0.29) is 0 Å². The Morgan fingerprint density at radius 3 is 1.62 bits per heavy atom. The second-order valence-corrected chi connectivity index (χ2v) is 10.3. The Bertz CT molecular complexity index is 2150. The van der Waals surface area contributed by atoms with Crippen LogP contribution in [0.1, 0.15) is 5.56 Å². The predicted molar refractivity (Wildman–Crippen MR) is 171 cm³/mol. The molecule has 7 aromatic rings. The van der Waals surface area contributed by atoms with Crippen molar-refractivity contribution in [1.82, 2.24) is 19.9 Å². The van der Waals surface area contributed by atoms with Crippen LogP contribution in [0.4, 0.5) is 0 Å². The van der Waals surface area contributed by atoms with Crippen LogP contribution in [-0.2, 0) is 0 Å². The van der Waals surface area contributed by atoms with E-state index in [1.807, 2.05) is 18.6 Å². The van der Waals surface area contributed by atoms with Crippen LogP contribution in [0, 0.1) is 0 Å². The number of aliphatic imine (C=N–C) groups is 1. The highest BCUT2D eigenvalue weighted by Crippen LogP contribution is 2.38. The van der Waals surface area contributed by atoms with Gasteiger partial charge in [0.25, 0.3) is 0 Å². The van der Waals surface area contributed by atoms with E-state index in [1.165, 1.54) is 38.6 Å². The van der Waals surface area contributed by atoms with E-state index in [4.69, 9.17) is 9.97 Å². The van der Waals surface area contributed by atoms with Gasteiger partial charge in [0.2, 0.25) is 0 Å². The molecule has 6 nitrogen and oxygen atoms in total. The molecular formula is C36H23N6-. The molecule has 198 valence electrons. The van der Waals surface area contributed by atoms with Gasteiger partial charge in [0, 0.05) is 47.0 Å². The first-order valence-electron chi connectivity index (χ1n) is 13.8. The van der Waals surface area contributed by atoms with Gasteiger partial charge < -0.3 is 10.3 Å². The average Bonchev–Trinajstić information content (AvgIpc) is 3.09. The standard InChI is InChI=1S/C36H23N6/c1-2-4-30-29(3-1)33-13-23(35-11-7-25(19-41-35)27-15-37-21-38-16-27)5-9-31(33)32-10-6-24(14-34(30)32)36-12-8-26(20-42-36)28-17-39-22-40-18-28/h1-17,19-22H,18H2/q-1. The van der Waals surface area contributed by atoms with E-state index in [1.54, 1.807) is 18.7 Å². The fourth-order valence-corrected chi connectivity index (χ4v) is 5.73. The molecule has 0 N–H and O–H groups in total. The summed E-state index contributed by atoms with van der Waals surface area (Å²) in [6.07, 6.45) is 12.4. The van der Waals surface area contributed by atoms with E-state index in [0.29, 0.717) is 6.54 Å². The summed E-state index contributed by atoms with van der Waals surface area (Å²) in [6, 6.07) is 30.2. The fraction of sp³-hybridized carbons (Fsp3) is 0.0278. The number of benzene rings is 4. The molecule has 8 rings (SSSR count). The van der Waals surface area contributed by atoms with Crippen LogP contribution in [0.2, 0.25) is 0 Å². The number of pyridine rings is 2. The fourth-order valence-electron chi connectivity index (χ4n) is 5.73. The second kappa shape index (κ2) is 10.0. The lowest BCUT2D eigenvalue weighted by Gasteiger charge is -2.17. The molecule has 3 aromatic heterocycles. The van der Waals surface area contributed by atoms with Crippen molar-refractivity contribution < 1.29 is 0 Å². The lowest BCUT2D eigenvalue weighted by Crippen LogP contribution is -1.96. The van der Waals surface area contributed by atoms with Crippen molar-refractivity contribution in [2.24, 2.45) is 4.99 Å². The molecule has 1 aliphatic heterocycles. The van der Waals surface area contributed by atoms with Gasteiger partial charge in [0.05, 0.1) is 11.4 Å². The Kier molecular flexibility index (Phi) is 5.74. The molecule has 42 heavy (non-hydrogen) atoms. The molecule has 0 spiro atoms. The van der Waals surface area contributed by atoms with Gasteiger partial charge in [-0.25, -0.2) is 9.97 Å². The third-order valence-corrected chi connectivity index (χ3v) is 7.86. The van der Waals surface area contributed by atoms with Crippen molar-refractivity contribution in [2.75, 3.05) is 6.54 Å². The second-order valence-electron chi connectivity index (χ2n) is 10.3. The molecule has 4 aromatic carbocycles. The molecule has 0 saturated heterocycles. The van der Waals surface area contributed by atoms with Crippen molar-refractivity contribution in [3.63, 3.8) is 0 Å². The van der Waals surface area contributed by atoms with E-state index in [9.17, 15) is 0 Å². The lowest BCUT2D eigenvalue weighted by molar-refractivity contribution is 1.17. The predicted octanol–water partition coefficient (Wildman–Crippen LogP) is 8.48. The zero-order valence-electron chi connectivity index (χ0n) is 22.5. The maximum atomic E-state index is 4.80. The van der Waals surface area contributed by atoms with Crippen molar-refractivity contribution in [1.29, 1.82) is 0 Å². The summed E-state index contributed by atoms with van der Waals surface area (Å²) in [5.74, 6) is 0. The van der Waals surface area contributed by atoms with Crippen LogP contribution in [0.5, 0.6) is 0 Å². The topological polar surface area (TPSA) is 78.0 Å². The van der Waals surface area contributed by atoms with Crippen molar-refractivity contribution in [3.8, 4) is 33.6 Å². The van der Waals surface area contributed by atoms with Crippen molar-refractivity contribution in [3.05, 3.63) is 133 Å². The maximum absolute atomic E-state index is 4.80. The van der Waals surface area contributed by atoms with E-state index in [0.717, 1.165) is 44.8 Å². The van der Waals surface area contributed by atoms with Crippen molar-refractivity contribution >= 4 is 44.2 Å². The zero-order valence-corrected chi connectivity index (χ0v) is 22.5. The Balaban J connectivity index is 1.22. The minimum atomic E-state index is 0.631. The Morgan fingerprint density at radius 2 is 1.07 bits per heavy atom. The van der Waals surface area contributed by atoms with Gasteiger partial charge in [-0.15, -0.1) is 6.34 Å². The lowest BCUT2D eigenvalue weighted by atomic mass is 9.91. The molecule has 0 amide bonds. The molecule has 0 atom stereocenters. The first-order valence-corrected chi connectivity index (χ1v) is 13.8. The largest absolute Gasteiger partial charge is 0.467 e. The molecule has 0 aliphatic carbocycles. The third kappa shape index (κ3) is 4.17. The summed E-state index contributed by atoms with van der Waals surface area (Å²) in [6.45, 7) is 0.631. The van der Waals surface area contributed by atoms with Crippen LogP contribution in [-0.4, -0.2) is 32.8 Å². The normalized spacial score (nSPS) is 12.9. The molecule has 0 saturated carbocycles. The van der Waals surface area contributed by atoms with Gasteiger partial charge in [-0.05, 0) is 74.3 Å². The molecule has 4 heterocycles. The Hall–Kier alpha value is -5.75. The maximum Gasteiger partial charge on any atom is 0.115 e. The summed E-state index contributed by atoms with van der Waals surface area (Å²) in [5.41, 5.74) is 8.09. The number of nitrogens with zero attached hydrogens (tertiary/aromatic N) is 6. The van der Waals surface area contributed by atoms with Crippen LogP contribution < -0.4 is 0 Å². The number of rotatable bonds is 4. The Labute approximate surface area is 242 Å². The quantitative estimate of drug-likeness (QED) is 0.210. The summed E-state index contributed by atoms with van der Waals surface area (Å²) in [4.78, 5) is 22.0. The molecule has 1 aliphatic rings. The average molecular weight is 540 g/mol. The first kappa shape index (κ1) is 24.1. The highest BCUT2D eigenvalue weighted by Gasteiger charge is 2.12. The van der Waals surface area contributed by atoms with E-state index in [2.05, 4.69) is 105 Å². The van der Waals surface area contributed by atoms with E-state index >= 15 is 0 Å². The molecule has 0 radical (unpaired) electrons. The minimum Gasteiger partial charge on any atom is -0.467 e. The van der Waals surface area contributed by atoms with Crippen LogP contribution in [0.25, 0.3) is 76.8 Å². The summed E-state index contributed by atoms with van der Waals surface area (Å²) < 4.78 is 0. The molecule has 0 fully saturated rings. The van der Waals surface area contributed by atoms with Crippen LogP contribution >= 0.6 is 0 Å². The van der Waals surface area contributed by atoms with Gasteiger partial charge in [0.15, 0.2) is 0 Å². The summed E-state index contributed by atoms with van der Waals surface area (Å²) in [5, 5.41) is 11.5. The van der Waals surface area contributed by atoms with Gasteiger partial charge in [-0.1, -0.05) is 66.9 Å². The minimum absolute atomic E-state index is 0.631. The van der Waals surface area contributed by atoms with E-state index < -0.39 is 0 Å². The van der Waals surface area contributed by atoms with Gasteiger partial charge in [-0.2, -0.15) is 0 Å². The van der Waals surface area contributed by atoms with Crippen molar-refractivity contribution in [2.45, 2.75) is 0 Å². The SMILES string of the molecule is C1=NC=C(c2ccc(-c3ccc4c5ccc(-c6ccc(-c7cncnc7)cn6)cc5c5ccccc5c4c3)nc2)C[N-]1. The summed E-state index contributed by atoms with van der Waals surface area (Å²) in [7, 11) is 0. The third-order valence-electron chi connectivity index (χ3n) is 7.86. The number of fused-ring (bicyclic) bond motifs is 6. The molecule has 0 bridgehead atoms. The molecule has 0 unspecified atom stereocenters. The number of hydrogen-bond acceptors (Lipinski definition) is 5. The molecular weight excluding hydrogens is 516 g/mol. The number of aromatic nitrogens is 4. The van der Waals surface area contributed by atoms with Gasteiger partial charge in [-0.3, -0.25) is 9.97 Å². The highest BCUT2D eigenvalue weighted by molar-refractivity contribution is 6.26. The zero-order chi connectivity index (χ0) is 27.9. The number of hydrogen-bond donors (Lipinski definition) is 0. The first-order chi connectivity index (χ1) is 20.8. The highest BCUT2D eigenvalue weighted by atomic mass is 15.0. The van der Waals surface area contributed by atoms with Gasteiger partial charge in [0.1, 0.15) is 6.33 Å². The van der Waals surface area contributed by atoms with Gasteiger partial charge >= 0.3 is 0 Å². The molecule has 6 heteroatoms. The van der Waals surface area contributed by atoms with Crippen LogP contribution in [0.3, 0.4) is 0 Å². The Morgan fingerprint density at radius 1 is 0.500 bits per heavy atom.